The summed E-state index contributed by atoms with van der Waals surface area (Å²) in [6.45, 7) is 4.49. The van der Waals surface area contributed by atoms with E-state index in [1.54, 1.807) is 24.8 Å². The van der Waals surface area contributed by atoms with Gasteiger partial charge in [0, 0.05) is 77.2 Å². The lowest BCUT2D eigenvalue weighted by atomic mass is 9.74. The van der Waals surface area contributed by atoms with Gasteiger partial charge in [0.25, 0.3) is 0 Å². The zero-order valence-electron chi connectivity index (χ0n) is 21.0. The highest BCUT2D eigenvalue weighted by Gasteiger charge is 2.39. The second-order valence-electron chi connectivity index (χ2n) is 9.87. The standard InChI is InChI=1S/C29H26N8O/c1-29(2)23-11-3-9-21(27(34-17-5-13-30-34)35-18-6-14-31-35)25(23)38-26-22(10-4-12-24(26)29)28(36-19-7-15-32-36)37-20-8-16-33-37/h3-20,27-28H,1-2H3. The number of hydrogen-bond acceptors (Lipinski definition) is 5. The normalized spacial score (nSPS) is 13.9. The zero-order valence-corrected chi connectivity index (χ0v) is 21.0. The Morgan fingerprint density at radius 1 is 0.553 bits per heavy atom. The molecule has 0 N–H and O–H groups in total. The summed E-state index contributed by atoms with van der Waals surface area (Å²) in [6.07, 6.45) is 14.3. The molecule has 1 aliphatic heterocycles. The van der Waals surface area contributed by atoms with Crippen LogP contribution in [0.4, 0.5) is 0 Å². The maximum atomic E-state index is 6.97. The van der Waals surface area contributed by atoms with E-state index in [4.69, 9.17) is 4.74 Å². The molecule has 0 spiro atoms. The van der Waals surface area contributed by atoms with Crippen LogP contribution in [0.15, 0.2) is 110 Å². The molecule has 0 aliphatic carbocycles. The molecule has 4 aromatic heterocycles. The first-order chi connectivity index (χ1) is 18.6. The van der Waals surface area contributed by atoms with Crippen LogP contribution >= 0.6 is 0 Å². The Bertz CT molecular complexity index is 1470. The summed E-state index contributed by atoms with van der Waals surface area (Å²) in [5, 5.41) is 18.3. The van der Waals surface area contributed by atoms with Crippen molar-refractivity contribution in [1.82, 2.24) is 39.1 Å². The first-order valence-corrected chi connectivity index (χ1v) is 12.5. The monoisotopic (exact) mass is 502 g/mol. The van der Waals surface area contributed by atoms with Crippen LogP contribution in [0.3, 0.4) is 0 Å². The van der Waals surface area contributed by atoms with E-state index in [0.29, 0.717) is 0 Å². The van der Waals surface area contributed by atoms with Crippen molar-refractivity contribution in [3.63, 3.8) is 0 Å². The van der Waals surface area contributed by atoms with Crippen LogP contribution in [0.2, 0.25) is 0 Å². The summed E-state index contributed by atoms with van der Waals surface area (Å²) in [7, 11) is 0. The van der Waals surface area contributed by atoms with Crippen molar-refractivity contribution >= 4 is 0 Å². The van der Waals surface area contributed by atoms with Crippen LogP contribution in [-0.2, 0) is 5.41 Å². The molecule has 9 nitrogen and oxygen atoms in total. The molecule has 5 heterocycles. The van der Waals surface area contributed by atoms with Crippen molar-refractivity contribution in [3.05, 3.63) is 132 Å². The van der Waals surface area contributed by atoms with Gasteiger partial charge in [0.2, 0.25) is 0 Å². The number of aromatic nitrogens is 8. The highest BCUT2D eigenvalue weighted by Crippen LogP contribution is 2.52. The third-order valence-corrected chi connectivity index (χ3v) is 7.30. The van der Waals surface area contributed by atoms with E-state index < -0.39 is 0 Å². The minimum absolute atomic E-state index is 0.313. The van der Waals surface area contributed by atoms with Gasteiger partial charge in [-0.25, -0.2) is 18.7 Å². The van der Waals surface area contributed by atoms with Crippen LogP contribution in [0.1, 0.15) is 48.4 Å². The Hall–Kier alpha value is -4.92. The second-order valence-corrected chi connectivity index (χ2v) is 9.87. The van der Waals surface area contributed by atoms with E-state index in [0.717, 1.165) is 33.8 Å². The average molecular weight is 503 g/mol. The summed E-state index contributed by atoms with van der Waals surface area (Å²) < 4.78 is 14.6. The number of ether oxygens (including phenoxy) is 1. The Labute approximate surface area is 219 Å². The number of nitrogens with zero attached hydrogens (tertiary/aromatic N) is 8. The molecule has 6 aromatic rings. The number of para-hydroxylation sites is 2. The predicted molar refractivity (Wildman–Crippen MR) is 141 cm³/mol. The molecule has 0 saturated carbocycles. The fourth-order valence-corrected chi connectivity index (χ4v) is 5.49. The lowest BCUT2D eigenvalue weighted by molar-refractivity contribution is 0.356. The zero-order chi connectivity index (χ0) is 25.7. The summed E-state index contributed by atoms with van der Waals surface area (Å²) in [6, 6.07) is 20.3. The molecule has 38 heavy (non-hydrogen) atoms. The van der Waals surface area contributed by atoms with E-state index in [9.17, 15) is 0 Å². The summed E-state index contributed by atoms with van der Waals surface area (Å²) in [5.74, 6) is 1.63. The minimum atomic E-state index is -0.327. The van der Waals surface area contributed by atoms with Crippen molar-refractivity contribution < 1.29 is 4.74 Å². The molecule has 0 atom stereocenters. The fourth-order valence-electron chi connectivity index (χ4n) is 5.49. The van der Waals surface area contributed by atoms with Gasteiger partial charge >= 0.3 is 0 Å². The van der Waals surface area contributed by atoms with Crippen LogP contribution in [0.25, 0.3) is 0 Å². The van der Waals surface area contributed by atoms with Gasteiger partial charge in [0.1, 0.15) is 11.5 Å². The lowest BCUT2D eigenvalue weighted by Crippen LogP contribution is -2.29. The van der Waals surface area contributed by atoms with Crippen molar-refractivity contribution in [1.29, 1.82) is 0 Å². The molecule has 0 fully saturated rings. The maximum Gasteiger partial charge on any atom is 0.172 e. The molecule has 188 valence electrons. The van der Waals surface area contributed by atoms with Crippen LogP contribution in [0, 0.1) is 0 Å². The molecule has 2 aromatic carbocycles. The fraction of sp³-hybridized carbons (Fsp3) is 0.172. The quantitative estimate of drug-likeness (QED) is 0.317. The number of fused-ring (bicyclic) bond motifs is 2. The van der Waals surface area contributed by atoms with Gasteiger partial charge in [-0.05, 0) is 24.3 Å². The molecule has 0 bridgehead atoms. The van der Waals surface area contributed by atoms with E-state index in [1.165, 1.54) is 0 Å². The molecule has 1 aliphatic rings. The Morgan fingerprint density at radius 3 is 1.24 bits per heavy atom. The summed E-state index contributed by atoms with van der Waals surface area (Å²) in [4.78, 5) is 0. The van der Waals surface area contributed by atoms with E-state index in [2.05, 4.69) is 70.6 Å². The van der Waals surface area contributed by atoms with E-state index in [1.807, 2.05) is 67.8 Å². The smallest absolute Gasteiger partial charge is 0.172 e. The first-order valence-electron chi connectivity index (χ1n) is 12.5. The molecular formula is C29H26N8O. The van der Waals surface area contributed by atoms with Gasteiger partial charge in [-0.3, -0.25) is 0 Å². The second kappa shape index (κ2) is 8.58. The Kier molecular flexibility index (Phi) is 5.04. The van der Waals surface area contributed by atoms with Gasteiger partial charge < -0.3 is 4.74 Å². The first kappa shape index (κ1) is 22.3. The molecule has 7 rings (SSSR count). The highest BCUT2D eigenvalue weighted by atomic mass is 16.5. The molecule has 0 amide bonds. The van der Waals surface area contributed by atoms with Gasteiger partial charge in [-0.15, -0.1) is 0 Å². The molecule has 0 unspecified atom stereocenters. The summed E-state index contributed by atoms with van der Waals surface area (Å²) in [5.41, 5.74) is 3.83. The van der Waals surface area contributed by atoms with Gasteiger partial charge in [0.15, 0.2) is 12.3 Å². The average Bonchev–Trinajstić information content (AvgIpc) is 3.75. The highest BCUT2D eigenvalue weighted by molar-refractivity contribution is 5.62. The number of rotatable bonds is 6. The predicted octanol–water partition coefficient (Wildman–Crippen LogP) is 5.09. The minimum Gasteiger partial charge on any atom is -0.456 e. The van der Waals surface area contributed by atoms with E-state index >= 15 is 0 Å². The number of benzene rings is 2. The molecule has 0 saturated heterocycles. The third-order valence-electron chi connectivity index (χ3n) is 7.30. The lowest BCUT2D eigenvalue weighted by Gasteiger charge is -2.38. The topological polar surface area (TPSA) is 80.5 Å². The van der Waals surface area contributed by atoms with Crippen molar-refractivity contribution in [2.75, 3.05) is 0 Å². The number of hydrogen-bond donors (Lipinski definition) is 0. The van der Waals surface area contributed by atoms with Crippen LogP contribution in [0.5, 0.6) is 11.5 Å². The molecular weight excluding hydrogens is 476 g/mol. The molecule has 0 radical (unpaired) electrons. The SMILES string of the molecule is CC1(C)c2cccc(C(n3cccn3)n3cccn3)c2Oc2c(C(n3cccn3)n3cccn3)cccc21. The van der Waals surface area contributed by atoms with Gasteiger partial charge in [0.05, 0.1) is 0 Å². The van der Waals surface area contributed by atoms with Crippen molar-refractivity contribution in [2.24, 2.45) is 0 Å². The largest absolute Gasteiger partial charge is 0.456 e. The Balaban J connectivity index is 1.44. The maximum absolute atomic E-state index is 6.97. The summed E-state index contributed by atoms with van der Waals surface area (Å²) >= 11 is 0. The van der Waals surface area contributed by atoms with Gasteiger partial charge in [-0.2, -0.15) is 20.4 Å². The van der Waals surface area contributed by atoms with Crippen molar-refractivity contribution in [3.8, 4) is 11.5 Å². The molecule has 9 heteroatoms. The third kappa shape index (κ3) is 3.39. The Morgan fingerprint density at radius 2 is 0.921 bits per heavy atom. The van der Waals surface area contributed by atoms with Gasteiger partial charge in [-0.1, -0.05) is 50.2 Å². The van der Waals surface area contributed by atoms with Crippen LogP contribution < -0.4 is 4.74 Å². The van der Waals surface area contributed by atoms with Crippen LogP contribution in [-0.4, -0.2) is 39.1 Å². The van der Waals surface area contributed by atoms with E-state index in [-0.39, 0.29) is 17.7 Å². The van der Waals surface area contributed by atoms with Crippen molar-refractivity contribution in [2.45, 2.75) is 31.6 Å².